The molecule has 2 amide bonds. The lowest BCUT2D eigenvalue weighted by atomic mass is 10.1. The van der Waals surface area contributed by atoms with Gasteiger partial charge in [-0.1, -0.05) is 24.3 Å². The van der Waals surface area contributed by atoms with Crippen LogP contribution in [0.3, 0.4) is 0 Å². The van der Waals surface area contributed by atoms with Gasteiger partial charge in [0.05, 0.1) is 36.4 Å². The topological polar surface area (TPSA) is 91.9 Å². The smallest absolute Gasteiger partial charge is 0.315 e. The lowest BCUT2D eigenvalue weighted by molar-refractivity contribution is 0.236. The molecule has 4 aromatic rings. The molecule has 3 N–H and O–H groups in total. The number of H-pyrrole nitrogens is 1. The SMILES string of the molecule is COc1ccc(CC(NC(=O)NCc2ncc(Br)cc2F)c2nc3ccccc3[nH]2)cc1. The predicted molar refractivity (Wildman–Crippen MR) is 123 cm³/mol. The molecule has 4 rings (SSSR count). The zero-order valence-corrected chi connectivity index (χ0v) is 18.8. The first-order chi connectivity index (χ1) is 15.5. The summed E-state index contributed by atoms with van der Waals surface area (Å²) < 4.78 is 19.8. The molecule has 7 nitrogen and oxygen atoms in total. The van der Waals surface area contributed by atoms with E-state index in [0.717, 1.165) is 22.3 Å². The molecule has 0 aliphatic carbocycles. The first-order valence-corrected chi connectivity index (χ1v) is 10.7. The minimum atomic E-state index is -0.494. The fraction of sp³-hybridized carbons (Fsp3) is 0.174. The van der Waals surface area contributed by atoms with Gasteiger partial charge >= 0.3 is 6.03 Å². The summed E-state index contributed by atoms with van der Waals surface area (Å²) >= 11 is 3.17. The molecule has 0 fully saturated rings. The van der Waals surface area contributed by atoms with Crippen molar-refractivity contribution in [3.8, 4) is 5.75 Å². The van der Waals surface area contributed by atoms with Crippen LogP contribution in [-0.2, 0) is 13.0 Å². The number of nitrogens with one attached hydrogen (secondary N) is 3. The summed E-state index contributed by atoms with van der Waals surface area (Å²) in [6.07, 6.45) is 1.99. The van der Waals surface area contributed by atoms with Crippen LogP contribution in [0.15, 0.2) is 65.3 Å². The molecule has 32 heavy (non-hydrogen) atoms. The second-order valence-electron chi connectivity index (χ2n) is 7.15. The third kappa shape index (κ3) is 5.23. The number of amides is 2. The Kier molecular flexibility index (Phi) is 6.65. The molecule has 0 aliphatic rings. The average molecular weight is 498 g/mol. The Morgan fingerprint density at radius 1 is 1.22 bits per heavy atom. The zero-order chi connectivity index (χ0) is 22.5. The lowest BCUT2D eigenvalue weighted by Crippen LogP contribution is -2.39. The number of para-hydroxylation sites is 2. The normalized spacial score (nSPS) is 11.8. The highest BCUT2D eigenvalue weighted by Gasteiger charge is 2.19. The van der Waals surface area contributed by atoms with E-state index >= 15 is 0 Å². The van der Waals surface area contributed by atoms with Crippen LogP contribution in [0.2, 0.25) is 0 Å². The van der Waals surface area contributed by atoms with Crippen LogP contribution in [0.4, 0.5) is 9.18 Å². The Hall–Kier alpha value is -3.46. The lowest BCUT2D eigenvalue weighted by Gasteiger charge is -2.18. The van der Waals surface area contributed by atoms with Crippen LogP contribution >= 0.6 is 15.9 Å². The van der Waals surface area contributed by atoms with Gasteiger partial charge in [-0.15, -0.1) is 0 Å². The standard InChI is InChI=1S/C23H21BrFN5O2/c1-32-16-8-6-14(7-9-16)10-20(22-28-18-4-2-3-5-19(18)29-22)30-23(31)27-13-21-17(25)11-15(24)12-26-21/h2-9,11-12,20H,10,13H2,1H3,(H,28,29)(H2,27,30,31). The molecule has 0 saturated carbocycles. The molecule has 0 aliphatic heterocycles. The van der Waals surface area contributed by atoms with Gasteiger partial charge in [0.15, 0.2) is 0 Å². The van der Waals surface area contributed by atoms with E-state index in [1.165, 1.54) is 12.3 Å². The maximum atomic E-state index is 14.0. The van der Waals surface area contributed by atoms with Crippen LogP contribution in [-0.4, -0.2) is 28.1 Å². The van der Waals surface area contributed by atoms with Crippen molar-refractivity contribution in [2.45, 2.75) is 19.0 Å². The minimum Gasteiger partial charge on any atom is -0.497 e. The summed E-state index contributed by atoms with van der Waals surface area (Å²) in [6.45, 7) is -0.0413. The van der Waals surface area contributed by atoms with Crippen molar-refractivity contribution in [2.24, 2.45) is 0 Å². The summed E-state index contributed by atoms with van der Waals surface area (Å²) in [5, 5.41) is 5.61. The quantitative estimate of drug-likeness (QED) is 0.346. The molecule has 1 atom stereocenters. The first kappa shape index (κ1) is 21.8. The van der Waals surface area contributed by atoms with Crippen LogP contribution in [0.5, 0.6) is 5.75 Å². The van der Waals surface area contributed by atoms with Crippen molar-refractivity contribution in [2.75, 3.05) is 7.11 Å². The summed E-state index contributed by atoms with van der Waals surface area (Å²) in [4.78, 5) is 24.6. The van der Waals surface area contributed by atoms with E-state index < -0.39 is 17.9 Å². The Morgan fingerprint density at radius 2 is 2.00 bits per heavy atom. The van der Waals surface area contributed by atoms with E-state index in [4.69, 9.17) is 4.74 Å². The number of ether oxygens (including phenoxy) is 1. The Labute approximate surface area is 192 Å². The number of hydrogen-bond donors (Lipinski definition) is 3. The number of pyridine rings is 1. The number of benzene rings is 2. The van der Waals surface area contributed by atoms with Gasteiger partial charge in [0, 0.05) is 10.7 Å². The summed E-state index contributed by atoms with van der Waals surface area (Å²) in [5.41, 5.74) is 2.84. The number of methoxy groups -OCH3 is 1. The number of urea groups is 1. The molecule has 2 heterocycles. The number of aromatic nitrogens is 3. The van der Waals surface area contributed by atoms with Crippen molar-refractivity contribution in [3.63, 3.8) is 0 Å². The van der Waals surface area contributed by atoms with Gasteiger partial charge in [0.25, 0.3) is 0 Å². The van der Waals surface area contributed by atoms with Crippen LogP contribution < -0.4 is 15.4 Å². The Balaban J connectivity index is 1.51. The monoisotopic (exact) mass is 497 g/mol. The third-order valence-corrected chi connectivity index (χ3v) is 5.38. The van der Waals surface area contributed by atoms with Gasteiger partial charge in [-0.05, 0) is 58.2 Å². The highest BCUT2D eigenvalue weighted by atomic mass is 79.9. The fourth-order valence-corrected chi connectivity index (χ4v) is 3.60. The molecule has 0 radical (unpaired) electrons. The summed E-state index contributed by atoms with van der Waals surface area (Å²) in [7, 11) is 1.61. The number of fused-ring (bicyclic) bond motifs is 1. The summed E-state index contributed by atoms with van der Waals surface area (Å²) in [6, 6.07) is 15.7. The fourth-order valence-electron chi connectivity index (χ4n) is 3.30. The van der Waals surface area contributed by atoms with Gasteiger partial charge < -0.3 is 20.4 Å². The van der Waals surface area contributed by atoms with Crippen molar-refractivity contribution in [1.29, 1.82) is 0 Å². The second-order valence-corrected chi connectivity index (χ2v) is 8.07. The number of hydrogen-bond acceptors (Lipinski definition) is 4. The molecule has 2 aromatic carbocycles. The van der Waals surface area contributed by atoms with E-state index in [9.17, 15) is 9.18 Å². The average Bonchev–Trinajstić information content (AvgIpc) is 3.23. The van der Waals surface area contributed by atoms with Crippen molar-refractivity contribution < 1.29 is 13.9 Å². The Morgan fingerprint density at radius 3 is 2.72 bits per heavy atom. The zero-order valence-electron chi connectivity index (χ0n) is 17.2. The molecular formula is C23H21BrFN5O2. The number of carbonyl (C=O) groups excluding carboxylic acids is 1. The summed E-state index contributed by atoms with van der Waals surface area (Å²) in [5.74, 6) is 0.889. The van der Waals surface area contributed by atoms with Crippen molar-refractivity contribution in [1.82, 2.24) is 25.6 Å². The molecule has 1 unspecified atom stereocenters. The first-order valence-electron chi connectivity index (χ1n) is 9.93. The maximum absolute atomic E-state index is 14.0. The van der Waals surface area contributed by atoms with E-state index in [2.05, 4.69) is 41.5 Å². The number of aromatic amines is 1. The second kappa shape index (κ2) is 9.78. The highest BCUT2D eigenvalue weighted by molar-refractivity contribution is 9.10. The van der Waals surface area contributed by atoms with E-state index in [-0.39, 0.29) is 12.2 Å². The van der Waals surface area contributed by atoms with E-state index in [1.54, 1.807) is 7.11 Å². The Bertz CT molecular complexity index is 1200. The van der Waals surface area contributed by atoms with Gasteiger partial charge in [-0.2, -0.15) is 0 Å². The number of carbonyl (C=O) groups is 1. The predicted octanol–water partition coefficient (Wildman–Crippen LogP) is 4.65. The molecular weight excluding hydrogens is 477 g/mol. The van der Waals surface area contributed by atoms with Crippen molar-refractivity contribution >= 4 is 33.0 Å². The largest absolute Gasteiger partial charge is 0.497 e. The van der Waals surface area contributed by atoms with Gasteiger partial charge in [0.1, 0.15) is 17.4 Å². The third-order valence-electron chi connectivity index (χ3n) is 4.94. The van der Waals surface area contributed by atoms with Crippen LogP contribution in [0.1, 0.15) is 23.1 Å². The number of imidazole rings is 1. The van der Waals surface area contributed by atoms with Gasteiger partial charge in [0.2, 0.25) is 0 Å². The van der Waals surface area contributed by atoms with Crippen LogP contribution in [0.25, 0.3) is 11.0 Å². The number of nitrogens with zero attached hydrogens (tertiary/aromatic N) is 2. The molecule has 2 aromatic heterocycles. The van der Waals surface area contributed by atoms with Crippen LogP contribution in [0, 0.1) is 5.82 Å². The van der Waals surface area contributed by atoms with Crippen molar-refractivity contribution in [3.05, 3.63) is 88.2 Å². The molecule has 164 valence electrons. The van der Waals surface area contributed by atoms with Gasteiger partial charge in [-0.25, -0.2) is 14.2 Å². The highest BCUT2D eigenvalue weighted by Crippen LogP contribution is 2.21. The maximum Gasteiger partial charge on any atom is 0.315 e. The van der Waals surface area contributed by atoms with E-state index in [1.807, 2.05) is 48.5 Å². The number of rotatable bonds is 7. The minimum absolute atomic E-state index is 0.0413. The van der Waals surface area contributed by atoms with Gasteiger partial charge in [-0.3, -0.25) is 4.98 Å². The van der Waals surface area contributed by atoms with E-state index in [0.29, 0.717) is 16.7 Å². The molecule has 0 bridgehead atoms. The molecule has 9 heteroatoms. The number of halogens is 2. The molecule has 0 spiro atoms. The molecule has 0 saturated heterocycles.